The molecule has 1 amide bonds. The van der Waals surface area contributed by atoms with Crippen molar-refractivity contribution < 1.29 is 4.79 Å². The standard InChI is InChI=1S/C13H17BrN4O/c1-4-17-8-10(14)7-11(17)13(19)15-12-5-6-18(16-12)9(2)3/h5-9H,4H2,1-3H3,(H,15,16,19). The molecule has 0 fully saturated rings. The Morgan fingerprint density at radius 2 is 2.26 bits per heavy atom. The third-order valence-electron chi connectivity index (χ3n) is 2.82. The number of carbonyl (C=O) groups excluding carboxylic acids is 1. The number of anilines is 1. The van der Waals surface area contributed by atoms with Crippen molar-refractivity contribution in [2.24, 2.45) is 0 Å². The van der Waals surface area contributed by atoms with Gasteiger partial charge in [-0.15, -0.1) is 0 Å². The smallest absolute Gasteiger partial charge is 0.273 e. The summed E-state index contributed by atoms with van der Waals surface area (Å²) in [6.45, 7) is 6.82. The van der Waals surface area contributed by atoms with Gasteiger partial charge in [0.25, 0.3) is 5.91 Å². The van der Waals surface area contributed by atoms with Crippen LogP contribution < -0.4 is 5.32 Å². The second kappa shape index (κ2) is 5.61. The molecule has 0 aliphatic carbocycles. The van der Waals surface area contributed by atoms with Crippen LogP contribution in [0.15, 0.2) is 29.0 Å². The van der Waals surface area contributed by atoms with E-state index in [-0.39, 0.29) is 11.9 Å². The lowest BCUT2D eigenvalue weighted by atomic mass is 10.4. The van der Waals surface area contributed by atoms with Crippen LogP contribution in [0.5, 0.6) is 0 Å². The van der Waals surface area contributed by atoms with E-state index in [2.05, 4.69) is 26.3 Å². The van der Waals surface area contributed by atoms with Crippen molar-refractivity contribution in [3.8, 4) is 0 Å². The van der Waals surface area contributed by atoms with Gasteiger partial charge in [-0.3, -0.25) is 9.48 Å². The summed E-state index contributed by atoms with van der Waals surface area (Å²) in [5, 5.41) is 7.11. The Kier molecular flexibility index (Phi) is 4.09. The van der Waals surface area contributed by atoms with Gasteiger partial charge in [-0.25, -0.2) is 0 Å². The second-order valence-electron chi connectivity index (χ2n) is 4.56. The molecule has 2 rings (SSSR count). The molecule has 0 aliphatic rings. The molecular weight excluding hydrogens is 308 g/mol. The summed E-state index contributed by atoms with van der Waals surface area (Å²) < 4.78 is 4.59. The minimum atomic E-state index is -0.151. The zero-order valence-electron chi connectivity index (χ0n) is 11.2. The zero-order valence-corrected chi connectivity index (χ0v) is 12.8. The summed E-state index contributed by atoms with van der Waals surface area (Å²) in [6, 6.07) is 3.88. The van der Waals surface area contributed by atoms with Gasteiger partial charge in [0.05, 0.1) is 0 Å². The number of halogens is 1. The summed E-state index contributed by atoms with van der Waals surface area (Å²) in [4.78, 5) is 12.2. The van der Waals surface area contributed by atoms with Crippen molar-refractivity contribution in [3.63, 3.8) is 0 Å². The molecule has 19 heavy (non-hydrogen) atoms. The molecule has 6 heteroatoms. The molecule has 0 spiro atoms. The normalized spacial score (nSPS) is 11.0. The molecule has 0 aliphatic heterocycles. The van der Waals surface area contributed by atoms with E-state index in [0.717, 1.165) is 11.0 Å². The minimum absolute atomic E-state index is 0.151. The lowest BCUT2D eigenvalue weighted by Crippen LogP contribution is -2.17. The summed E-state index contributed by atoms with van der Waals surface area (Å²) in [6.07, 6.45) is 3.75. The van der Waals surface area contributed by atoms with Crippen LogP contribution in [0.1, 0.15) is 37.3 Å². The molecule has 2 aromatic heterocycles. The fourth-order valence-corrected chi connectivity index (χ4v) is 2.26. The van der Waals surface area contributed by atoms with Crippen molar-refractivity contribution in [3.05, 3.63) is 34.7 Å². The van der Waals surface area contributed by atoms with Crippen LogP contribution in [0.2, 0.25) is 0 Å². The topological polar surface area (TPSA) is 51.9 Å². The molecule has 5 nitrogen and oxygen atoms in total. The molecule has 0 atom stereocenters. The van der Waals surface area contributed by atoms with Crippen LogP contribution in [0.4, 0.5) is 5.82 Å². The van der Waals surface area contributed by atoms with Crippen LogP contribution in [0.25, 0.3) is 0 Å². The number of hydrogen-bond acceptors (Lipinski definition) is 2. The van der Waals surface area contributed by atoms with Crippen LogP contribution in [0, 0.1) is 0 Å². The highest BCUT2D eigenvalue weighted by atomic mass is 79.9. The lowest BCUT2D eigenvalue weighted by Gasteiger charge is -2.06. The molecule has 2 aromatic rings. The third-order valence-corrected chi connectivity index (χ3v) is 3.25. The number of nitrogens with zero attached hydrogens (tertiary/aromatic N) is 3. The third kappa shape index (κ3) is 3.07. The Morgan fingerprint density at radius 3 is 2.84 bits per heavy atom. The molecule has 0 bridgehead atoms. The van der Waals surface area contributed by atoms with E-state index in [4.69, 9.17) is 0 Å². The van der Waals surface area contributed by atoms with Crippen molar-refractivity contribution >= 4 is 27.7 Å². The molecule has 0 saturated heterocycles. The number of aryl methyl sites for hydroxylation is 1. The molecule has 0 radical (unpaired) electrons. The highest BCUT2D eigenvalue weighted by molar-refractivity contribution is 9.10. The van der Waals surface area contributed by atoms with Crippen molar-refractivity contribution in [1.29, 1.82) is 0 Å². The van der Waals surface area contributed by atoms with Crippen molar-refractivity contribution in [1.82, 2.24) is 14.3 Å². The predicted molar refractivity (Wildman–Crippen MR) is 78.4 cm³/mol. The van der Waals surface area contributed by atoms with E-state index in [1.54, 1.807) is 12.1 Å². The van der Waals surface area contributed by atoms with Gasteiger partial charge in [0, 0.05) is 35.5 Å². The predicted octanol–water partition coefficient (Wildman–Crippen LogP) is 3.30. The van der Waals surface area contributed by atoms with E-state index in [1.807, 2.05) is 42.4 Å². The van der Waals surface area contributed by atoms with Gasteiger partial charge in [-0.1, -0.05) is 0 Å². The molecule has 1 N–H and O–H groups in total. The lowest BCUT2D eigenvalue weighted by molar-refractivity contribution is 0.101. The monoisotopic (exact) mass is 324 g/mol. The Labute approximate surface area is 120 Å². The Balaban J connectivity index is 2.15. The van der Waals surface area contributed by atoms with E-state index in [0.29, 0.717) is 11.5 Å². The van der Waals surface area contributed by atoms with Crippen molar-refractivity contribution in [2.75, 3.05) is 5.32 Å². The van der Waals surface area contributed by atoms with E-state index < -0.39 is 0 Å². The minimum Gasteiger partial charge on any atom is -0.343 e. The zero-order chi connectivity index (χ0) is 14.0. The largest absolute Gasteiger partial charge is 0.343 e. The molecule has 0 saturated carbocycles. The first-order valence-corrected chi connectivity index (χ1v) is 7.02. The molecule has 0 aromatic carbocycles. The van der Waals surface area contributed by atoms with Gasteiger partial charge in [0.2, 0.25) is 0 Å². The number of amides is 1. The first kappa shape index (κ1) is 13.9. The SMILES string of the molecule is CCn1cc(Br)cc1C(=O)Nc1ccn(C(C)C)n1. The number of aromatic nitrogens is 3. The quantitative estimate of drug-likeness (QED) is 0.938. The van der Waals surface area contributed by atoms with Gasteiger partial charge in [-0.2, -0.15) is 5.10 Å². The van der Waals surface area contributed by atoms with Crippen molar-refractivity contribution in [2.45, 2.75) is 33.4 Å². The van der Waals surface area contributed by atoms with Gasteiger partial charge in [0.15, 0.2) is 5.82 Å². The number of carbonyl (C=O) groups is 1. The van der Waals surface area contributed by atoms with Gasteiger partial charge in [-0.05, 0) is 42.8 Å². The van der Waals surface area contributed by atoms with Gasteiger partial charge >= 0.3 is 0 Å². The maximum atomic E-state index is 12.2. The highest BCUT2D eigenvalue weighted by Gasteiger charge is 2.13. The van der Waals surface area contributed by atoms with Crippen LogP contribution in [0.3, 0.4) is 0 Å². The fourth-order valence-electron chi connectivity index (χ4n) is 1.80. The van der Waals surface area contributed by atoms with Crippen LogP contribution in [-0.4, -0.2) is 20.3 Å². The molecule has 2 heterocycles. The van der Waals surface area contributed by atoms with Gasteiger partial charge < -0.3 is 9.88 Å². The number of nitrogens with one attached hydrogen (secondary N) is 1. The maximum absolute atomic E-state index is 12.2. The number of rotatable bonds is 4. The first-order valence-electron chi connectivity index (χ1n) is 6.23. The average Bonchev–Trinajstić information content (AvgIpc) is 2.95. The summed E-state index contributed by atoms with van der Waals surface area (Å²) >= 11 is 3.38. The Bertz CT molecular complexity index is 585. The Hall–Kier alpha value is -1.56. The van der Waals surface area contributed by atoms with Gasteiger partial charge in [0.1, 0.15) is 5.69 Å². The van der Waals surface area contributed by atoms with E-state index in [1.165, 1.54) is 0 Å². The van der Waals surface area contributed by atoms with Crippen LogP contribution in [-0.2, 0) is 6.54 Å². The summed E-state index contributed by atoms with van der Waals surface area (Å²) in [5.41, 5.74) is 0.619. The number of hydrogen-bond donors (Lipinski definition) is 1. The molecule has 102 valence electrons. The average molecular weight is 325 g/mol. The maximum Gasteiger partial charge on any atom is 0.273 e. The van der Waals surface area contributed by atoms with E-state index >= 15 is 0 Å². The summed E-state index contributed by atoms with van der Waals surface area (Å²) in [7, 11) is 0. The first-order chi connectivity index (χ1) is 9.01. The summed E-state index contributed by atoms with van der Waals surface area (Å²) in [5.74, 6) is 0.417. The van der Waals surface area contributed by atoms with Crippen LogP contribution >= 0.6 is 15.9 Å². The Morgan fingerprint density at radius 1 is 1.53 bits per heavy atom. The highest BCUT2D eigenvalue weighted by Crippen LogP contribution is 2.16. The molecule has 0 unspecified atom stereocenters. The fraction of sp³-hybridized carbons (Fsp3) is 0.385. The van der Waals surface area contributed by atoms with E-state index in [9.17, 15) is 4.79 Å². The molecular formula is C13H17BrN4O. The second-order valence-corrected chi connectivity index (χ2v) is 5.47.